The van der Waals surface area contributed by atoms with Crippen molar-refractivity contribution in [2.45, 2.75) is 0 Å². The molecule has 0 aliphatic rings. The van der Waals surface area contributed by atoms with E-state index >= 15 is 0 Å². The predicted octanol–water partition coefficient (Wildman–Crippen LogP) is 1.08. The van der Waals surface area contributed by atoms with E-state index in [-0.39, 0.29) is 5.56 Å². The van der Waals surface area contributed by atoms with E-state index in [0.717, 1.165) is 37.4 Å². The maximum absolute atomic E-state index is 12.1. The summed E-state index contributed by atoms with van der Waals surface area (Å²) in [6.45, 7) is 0. The molecule has 0 amide bonds. The Labute approximate surface area is 140 Å². The standard InChI is InChI=1S/C16H12O9/c1-24-16(23)14(21)13-11(20)5-8(17)6-12(13)25-15(22)7-2-3-9(18)10(19)4-7/h2-6,17-20H,1H3. The summed E-state index contributed by atoms with van der Waals surface area (Å²) in [5.74, 6) is -6.67. The SMILES string of the molecule is COC(=O)C(=O)c1c(O)cc(O)cc1OC(=O)c1ccc(O)c(O)c1. The first-order chi connectivity index (χ1) is 11.7. The summed E-state index contributed by atoms with van der Waals surface area (Å²) in [7, 11) is 0.947. The minimum absolute atomic E-state index is 0.199. The lowest BCUT2D eigenvalue weighted by molar-refractivity contribution is -0.135. The zero-order valence-corrected chi connectivity index (χ0v) is 12.7. The van der Waals surface area contributed by atoms with E-state index in [1.54, 1.807) is 0 Å². The fourth-order valence-electron chi connectivity index (χ4n) is 1.90. The van der Waals surface area contributed by atoms with Crippen LogP contribution in [0.15, 0.2) is 30.3 Å². The highest BCUT2D eigenvalue weighted by Crippen LogP contribution is 2.34. The molecule has 0 saturated heterocycles. The highest BCUT2D eigenvalue weighted by molar-refractivity contribution is 6.42. The summed E-state index contributed by atoms with van der Waals surface area (Å²) in [5, 5.41) is 37.9. The number of Topliss-reactive ketones (excluding diaryl/α,β-unsaturated/α-hetero) is 1. The van der Waals surface area contributed by atoms with Crippen LogP contribution in [0.25, 0.3) is 0 Å². The maximum Gasteiger partial charge on any atom is 0.379 e. The Hall–Kier alpha value is -3.75. The number of benzene rings is 2. The third-order valence-electron chi connectivity index (χ3n) is 3.08. The van der Waals surface area contributed by atoms with Crippen LogP contribution in [0, 0.1) is 0 Å². The summed E-state index contributed by atoms with van der Waals surface area (Å²) in [5.41, 5.74) is -0.879. The molecule has 0 fully saturated rings. The molecule has 0 spiro atoms. The van der Waals surface area contributed by atoms with Crippen LogP contribution in [-0.4, -0.2) is 45.3 Å². The number of carbonyl (C=O) groups excluding carboxylic acids is 3. The largest absolute Gasteiger partial charge is 0.508 e. The van der Waals surface area contributed by atoms with Gasteiger partial charge >= 0.3 is 11.9 Å². The Balaban J connectivity index is 2.44. The van der Waals surface area contributed by atoms with Gasteiger partial charge in [0.1, 0.15) is 22.8 Å². The van der Waals surface area contributed by atoms with Crippen LogP contribution in [0.1, 0.15) is 20.7 Å². The molecule has 9 nitrogen and oxygen atoms in total. The molecule has 2 rings (SSSR count). The van der Waals surface area contributed by atoms with Gasteiger partial charge in [-0.3, -0.25) is 4.79 Å². The van der Waals surface area contributed by atoms with Gasteiger partial charge in [0.05, 0.1) is 12.7 Å². The van der Waals surface area contributed by atoms with Crippen LogP contribution < -0.4 is 4.74 Å². The van der Waals surface area contributed by atoms with E-state index in [2.05, 4.69) is 4.74 Å². The molecule has 9 heteroatoms. The minimum atomic E-state index is -1.32. The molecule has 2 aromatic carbocycles. The zero-order valence-electron chi connectivity index (χ0n) is 12.7. The summed E-state index contributed by atoms with van der Waals surface area (Å²) >= 11 is 0. The van der Waals surface area contributed by atoms with Crippen molar-refractivity contribution in [3.8, 4) is 28.7 Å². The number of methoxy groups -OCH3 is 1. The first kappa shape index (κ1) is 17.6. The highest BCUT2D eigenvalue weighted by Gasteiger charge is 2.27. The summed E-state index contributed by atoms with van der Waals surface area (Å²) in [6, 6.07) is 4.68. The van der Waals surface area contributed by atoms with Gasteiger partial charge in [-0.15, -0.1) is 0 Å². The van der Waals surface area contributed by atoms with Gasteiger partial charge in [-0.1, -0.05) is 0 Å². The van der Waals surface area contributed by atoms with Crippen LogP contribution in [-0.2, 0) is 9.53 Å². The van der Waals surface area contributed by atoms with Gasteiger partial charge in [0.15, 0.2) is 11.5 Å². The number of phenols is 4. The normalized spacial score (nSPS) is 10.1. The second-order valence-electron chi connectivity index (χ2n) is 4.75. The first-order valence-electron chi connectivity index (χ1n) is 6.67. The van der Waals surface area contributed by atoms with Crippen LogP contribution in [0.3, 0.4) is 0 Å². The molecular weight excluding hydrogens is 336 g/mol. The molecule has 0 saturated carbocycles. The van der Waals surface area contributed by atoms with Crippen molar-refractivity contribution < 1.29 is 44.3 Å². The molecule has 25 heavy (non-hydrogen) atoms. The summed E-state index contributed by atoms with van der Waals surface area (Å²) in [6.07, 6.45) is 0. The molecule has 0 aliphatic carbocycles. The van der Waals surface area contributed by atoms with Crippen molar-refractivity contribution in [1.29, 1.82) is 0 Å². The molecule has 130 valence electrons. The maximum atomic E-state index is 12.1. The van der Waals surface area contributed by atoms with E-state index in [1.165, 1.54) is 0 Å². The average molecular weight is 348 g/mol. The van der Waals surface area contributed by atoms with Crippen LogP contribution in [0.2, 0.25) is 0 Å². The molecule has 0 aromatic heterocycles. The molecule has 0 aliphatic heterocycles. The third kappa shape index (κ3) is 3.61. The number of ether oxygens (including phenoxy) is 2. The zero-order chi connectivity index (χ0) is 18.7. The first-order valence-corrected chi connectivity index (χ1v) is 6.67. The van der Waals surface area contributed by atoms with Gasteiger partial charge in [-0.25, -0.2) is 9.59 Å². The number of carbonyl (C=O) groups is 3. The van der Waals surface area contributed by atoms with Gasteiger partial charge in [0.25, 0.3) is 5.78 Å². The van der Waals surface area contributed by atoms with Crippen LogP contribution >= 0.6 is 0 Å². The summed E-state index contributed by atoms with van der Waals surface area (Å²) in [4.78, 5) is 35.5. The number of rotatable bonds is 4. The topological polar surface area (TPSA) is 151 Å². The lowest BCUT2D eigenvalue weighted by atomic mass is 10.1. The molecule has 0 heterocycles. The Kier molecular flexibility index (Phi) is 4.78. The molecule has 4 N–H and O–H groups in total. The second kappa shape index (κ2) is 6.79. The summed E-state index contributed by atoms with van der Waals surface area (Å²) < 4.78 is 9.19. The monoisotopic (exact) mass is 348 g/mol. The second-order valence-corrected chi connectivity index (χ2v) is 4.75. The molecule has 2 aromatic rings. The lowest BCUT2D eigenvalue weighted by Gasteiger charge is -2.11. The molecule has 0 bridgehead atoms. The number of esters is 2. The van der Waals surface area contributed by atoms with E-state index < -0.39 is 52.0 Å². The van der Waals surface area contributed by atoms with Crippen molar-refractivity contribution >= 4 is 17.7 Å². The lowest BCUT2D eigenvalue weighted by Crippen LogP contribution is -2.18. The fourth-order valence-corrected chi connectivity index (χ4v) is 1.90. The predicted molar refractivity (Wildman–Crippen MR) is 80.8 cm³/mol. The average Bonchev–Trinajstić information content (AvgIpc) is 2.55. The van der Waals surface area contributed by atoms with E-state index in [4.69, 9.17) is 4.74 Å². The number of ketones is 1. The van der Waals surface area contributed by atoms with Crippen molar-refractivity contribution in [2.75, 3.05) is 7.11 Å². The van der Waals surface area contributed by atoms with Crippen molar-refractivity contribution in [3.05, 3.63) is 41.5 Å². The molecule has 0 unspecified atom stereocenters. The molecular formula is C16H12O9. The van der Waals surface area contributed by atoms with Gasteiger partial charge in [-0.2, -0.15) is 0 Å². The van der Waals surface area contributed by atoms with E-state index in [1.807, 2.05) is 0 Å². The van der Waals surface area contributed by atoms with Crippen LogP contribution in [0.4, 0.5) is 0 Å². The fraction of sp³-hybridized carbons (Fsp3) is 0.0625. The third-order valence-corrected chi connectivity index (χ3v) is 3.08. The van der Waals surface area contributed by atoms with Crippen molar-refractivity contribution in [1.82, 2.24) is 0 Å². The van der Waals surface area contributed by atoms with Crippen molar-refractivity contribution in [3.63, 3.8) is 0 Å². The van der Waals surface area contributed by atoms with E-state index in [9.17, 15) is 34.8 Å². The van der Waals surface area contributed by atoms with Gasteiger partial charge in [-0.05, 0) is 18.2 Å². The molecule has 0 radical (unpaired) electrons. The van der Waals surface area contributed by atoms with Gasteiger partial charge < -0.3 is 29.9 Å². The minimum Gasteiger partial charge on any atom is -0.508 e. The Bertz CT molecular complexity index is 870. The highest BCUT2D eigenvalue weighted by atomic mass is 16.5. The number of aromatic hydroxyl groups is 4. The quantitative estimate of drug-likeness (QED) is 0.209. The smallest absolute Gasteiger partial charge is 0.379 e. The van der Waals surface area contributed by atoms with Crippen LogP contribution in [0.5, 0.6) is 28.7 Å². The number of phenolic OH excluding ortho intramolecular Hbond substituents is 4. The van der Waals surface area contributed by atoms with E-state index in [0.29, 0.717) is 0 Å². The van der Waals surface area contributed by atoms with Gasteiger partial charge in [0.2, 0.25) is 0 Å². The Morgan fingerprint density at radius 3 is 2.16 bits per heavy atom. The number of hydrogen-bond acceptors (Lipinski definition) is 9. The van der Waals surface area contributed by atoms with Gasteiger partial charge in [0, 0.05) is 12.1 Å². The number of hydrogen-bond donors (Lipinski definition) is 4. The Morgan fingerprint density at radius 2 is 1.56 bits per heavy atom. The molecule has 0 atom stereocenters. The van der Waals surface area contributed by atoms with Crippen molar-refractivity contribution in [2.24, 2.45) is 0 Å². The Morgan fingerprint density at radius 1 is 0.880 bits per heavy atom.